The van der Waals surface area contributed by atoms with Crippen molar-refractivity contribution in [2.24, 2.45) is 0 Å². The standard InChI is InChI=1S/C16H24O3/c17-11-6-8-13-7-5-10-15-16(13)14(18)9-3-1-2-4-12-19-15/h5,7,10,14,17-18H,1-4,6,8-9,11-12H2. The summed E-state index contributed by atoms with van der Waals surface area (Å²) in [5.74, 6) is 0.824. The van der Waals surface area contributed by atoms with Crippen molar-refractivity contribution in [3.8, 4) is 5.75 Å². The molecule has 1 atom stereocenters. The highest BCUT2D eigenvalue weighted by molar-refractivity contribution is 5.42. The van der Waals surface area contributed by atoms with E-state index in [-0.39, 0.29) is 6.61 Å². The topological polar surface area (TPSA) is 49.7 Å². The van der Waals surface area contributed by atoms with Crippen LogP contribution in [0.2, 0.25) is 0 Å². The minimum Gasteiger partial charge on any atom is -0.493 e. The Hall–Kier alpha value is -1.06. The number of hydrogen-bond donors (Lipinski definition) is 2. The zero-order chi connectivity index (χ0) is 13.5. The number of benzene rings is 1. The minimum atomic E-state index is -0.442. The predicted molar refractivity (Wildman–Crippen MR) is 75.4 cm³/mol. The second-order valence-corrected chi connectivity index (χ2v) is 5.22. The van der Waals surface area contributed by atoms with Crippen molar-refractivity contribution >= 4 is 0 Å². The molecule has 2 N–H and O–H groups in total. The van der Waals surface area contributed by atoms with Gasteiger partial charge in [-0.15, -0.1) is 0 Å². The molecule has 1 aliphatic heterocycles. The highest BCUT2D eigenvalue weighted by Crippen LogP contribution is 2.33. The molecule has 0 fully saturated rings. The SMILES string of the molecule is OCCCc1cccc2c1C(O)CCCCCCO2. The molecule has 1 aromatic carbocycles. The fraction of sp³-hybridized carbons (Fsp3) is 0.625. The van der Waals surface area contributed by atoms with Crippen LogP contribution in [0.3, 0.4) is 0 Å². The molecular formula is C16H24O3. The van der Waals surface area contributed by atoms with Crippen LogP contribution in [0.5, 0.6) is 5.75 Å². The van der Waals surface area contributed by atoms with Gasteiger partial charge in [-0.05, 0) is 37.3 Å². The maximum atomic E-state index is 10.4. The molecule has 1 unspecified atom stereocenters. The van der Waals surface area contributed by atoms with Crippen molar-refractivity contribution < 1.29 is 14.9 Å². The molecule has 0 saturated carbocycles. The van der Waals surface area contributed by atoms with Crippen LogP contribution in [0.4, 0.5) is 0 Å². The molecule has 106 valence electrons. The smallest absolute Gasteiger partial charge is 0.125 e. The minimum absolute atomic E-state index is 0.181. The van der Waals surface area contributed by atoms with Gasteiger partial charge in [0.1, 0.15) is 5.75 Å². The summed E-state index contributed by atoms with van der Waals surface area (Å²) in [6, 6.07) is 5.96. The molecular weight excluding hydrogens is 240 g/mol. The number of aryl methyl sites for hydroxylation is 1. The molecule has 1 heterocycles. The maximum absolute atomic E-state index is 10.4. The Kier molecular flexibility index (Phi) is 5.67. The Morgan fingerprint density at radius 2 is 2.00 bits per heavy atom. The van der Waals surface area contributed by atoms with Gasteiger partial charge in [-0.3, -0.25) is 0 Å². The third kappa shape index (κ3) is 3.95. The van der Waals surface area contributed by atoms with Crippen LogP contribution in [-0.4, -0.2) is 23.4 Å². The van der Waals surface area contributed by atoms with Crippen molar-refractivity contribution in [2.75, 3.05) is 13.2 Å². The molecule has 3 heteroatoms. The van der Waals surface area contributed by atoms with Crippen LogP contribution in [0.15, 0.2) is 18.2 Å². The van der Waals surface area contributed by atoms with E-state index in [0.29, 0.717) is 0 Å². The lowest BCUT2D eigenvalue weighted by Crippen LogP contribution is -2.09. The maximum Gasteiger partial charge on any atom is 0.125 e. The van der Waals surface area contributed by atoms with E-state index < -0.39 is 6.10 Å². The van der Waals surface area contributed by atoms with Crippen molar-refractivity contribution in [3.63, 3.8) is 0 Å². The third-order valence-electron chi connectivity index (χ3n) is 3.72. The normalized spacial score (nSPS) is 20.4. The van der Waals surface area contributed by atoms with Crippen molar-refractivity contribution in [2.45, 2.75) is 51.0 Å². The summed E-state index contributed by atoms with van der Waals surface area (Å²) in [5.41, 5.74) is 2.05. The van der Waals surface area contributed by atoms with Crippen LogP contribution in [0.25, 0.3) is 0 Å². The van der Waals surface area contributed by atoms with Crippen LogP contribution < -0.4 is 4.74 Å². The highest BCUT2D eigenvalue weighted by Gasteiger charge is 2.18. The Morgan fingerprint density at radius 3 is 2.84 bits per heavy atom. The number of aliphatic hydroxyl groups excluding tert-OH is 2. The molecule has 1 aromatic rings. The fourth-order valence-electron chi connectivity index (χ4n) is 2.70. The van der Waals surface area contributed by atoms with Crippen molar-refractivity contribution in [3.05, 3.63) is 29.3 Å². The molecule has 0 bridgehead atoms. The van der Waals surface area contributed by atoms with Gasteiger partial charge in [-0.25, -0.2) is 0 Å². The van der Waals surface area contributed by atoms with E-state index in [2.05, 4.69) is 0 Å². The largest absolute Gasteiger partial charge is 0.493 e. The monoisotopic (exact) mass is 264 g/mol. The zero-order valence-electron chi connectivity index (χ0n) is 11.5. The Balaban J connectivity index is 2.26. The van der Waals surface area contributed by atoms with Gasteiger partial charge >= 0.3 is 0 Å². The van der Waals surface area contributed by atoms with E-state index in [1.54, 1.807) is 0 Å². The molecule has 3 nitrogen and oxygen atoms in total. The Morgan fingerprint density at radius 1 is 1.16 bits per heavy atom. The van der Waals surface area contributed by atoms with Crippen molar-refractivity contribution in [1.29, 1.82) is 0 Å². The number of hydrogen-bond acceptors (Lipinski definition) is 3. The van der Waals surface area contributed by atoms with E-state index in [9.17, 15) is 5.11 Å². The molecule has 0 aliphatic carbocycles. The van der Waals surface area contributed by atoms with E-state index >= 15 is 0 Å². The first-order chi connectivity index (χ1) is 9.33. The van der Waals surface area contributed by atoms with Gasteiger partial charge in [0, 0.05) is 12.2 Å². The summed E-state index contributed by atoms with van der Waals surface area (Å²) < 4.78 is 5.83. The molecule has 19 heavy (non-hydrogen) atoms. The molecule has 0 amide bonds. The lowest BCUT2D eigenvalue weighted by atomic mass is 9.94. The summed E-state index contributed by atoms with van der Waals surface area (Å²) >= 11 is 0. The number of aliphatic hydroxyl groups is 2. The van der Waals surface area contributed by atoms with E-state index in [1.165, 1.54) is 6.42 Å². The van der Waals surface area contributed by atoms with Crippen LogP contribution in [-0.2, 0) is 6.42 Å². The quantitative estimate of drug-likeness (QED) is 0.882. The lowest BCUT2D eigenvalue weighted by Gasteiger charge is -2.21. The second-order valence-electron chi connectivity index (χ2n) is 5.22. The van der Waals surface area contributed by atoms with E-state index in [0.717, 1.165) is 62.0 Å². The lowest BCUT2D eigenvalue weighted by molar-refractivity contribution is 0.152. The summed E-state index contributed by atoms with van der Waals surface area (Å²) in [6.07, 6.45) is 6.35. The van der Waals surface area contributed by atoms with Gasteiger partial charge in [0.15, 0.2) is 0 Å². The van der Waals surface area contributed by atoms with Gasteiger partial charge in [-0.1, -0.05) is 31.4 Å². The highest BCUT2D eigenvalue weighted by atomic mass is 16.5. The van der Waals surface area contributed by atoms with E-state index in [1.807, 2.05) is 18.2 Å². The summed E-state index contributed by atoms with van der Waals surface area (Å²) in [6.45, 7) is 0.907. The Bertz CT molecular complexity index is 375. The first kappa shape index (κ1) is 14.4. The number of ether oxygens (including phenoxy) is 1. The Labute approximate surface area is 115 Å². The van der Waals surface area contributed by atoms with Crippen LogP contribution in [0, 0.1) is 0 Å². The zero-order valence-corrected chi connectivity index (χ0v) is 11.5. The van der Waals surface area contributed by atoms with Crippen LogP contribution >= 0.6 is 0 Å². The molecule has 0 aromatic heterocycles. The first-order valence-corrected chi connectivity index (χ1v) is 7.36. The number of rotatable bonds is 3. The van der Waals surface area contributed by atoms with Gasteiger partial charge in [-0.2, -0.15) is 0 Å². The summed E-state index contributed by atoms with van der Waals surface area (Å²) in [5, 5.41) is 19.4. The average molecular weight is 264 g/mol. The number of fused-ring (bicyclic) bond motifs is 1. The third-order valence-corrected chi connectivity index (χ3v) is 3.72. The molecule has 0 saturated heterocycles. The predicted octanol–water partition coefficient (Wildman–Crippen LogP) is 2.99. The van der Waals surface area contributed by atoms with Gasteiger partial charge in [0.05, 0.1) is 12.7 Å². The summed E-state index contributed by atoms with van der Waals surface area (Å²) in [4.78, 5) is 0. The van der Waals surface area contributed by atoms with Gasteiger partial charge in [0.25, 0.3) is 0 Å². The first-order valence-electron chi connectivity index (χ1n) is 7.36. The average Bonchev–Trinajstić information content (AvgIpc) is 2.43. The molecule has 0 radical (unpaired) electrons. The van der Waals surface area contributed by atoms with Gasteiger partial charge in [0.2, 0.25) is 0 Å². The summed E-state index contributed by atoms with van der Waals surface area (Å²) in [7, 11) is 0. The van der Waals surface area contributed by atoms with Gasteiger partial charge < -0.3 is 14.9 Å². The molecule has 0 spiro atoms. The molecule has 2 rings (SSSR count). The van der Waals surface area contributed by atoms with Crippen LogP contribution in [0.1, 0.15) is 55.8 Å². The van der Waals surface area contributed by atoms with E-state index in [4.69, 9.17) is 9.84 Å². The fourth-order valence-corrected chi connectivity index (χ4v) is 2.70. The molecule has 1 aliphatic rings. The van der Waals surface area contributed by atoms with Crippen molar-refractivity contribution in [1.82, 2.24) is 0 Å². The second kappa shape index (κ2) is 7.51.